The van der Waals surface area contributed by atoms with Gasteiger partial charge < -0.3 is 0 Å². The van der Waals surface area contributed by atoms with Gasteiger partial charge >= 0.3 is 0 Å². The molecule has 0 unspecified atom stereocenters. The molecule has 0 radical (unpaired) electrons. The van der Waals surface area contributed by atoms with E-state index in [-0.39, 0.29) is 0 Å². The second kappa shape index (κ2) is 5.65. The molecule has 0 amide bonds. The zero-order chi connectivity index (χ0) is 8.81. The summed E-state index contributed by atoms with van der Waals surface area (Å²) in [5.41, 5.74) is 1.33. The molecule has 0 N–H and O–H groups in total. The van der Waals surface area contributed by atoms with E-state index in [2.05, 4.69) is 47.1 Å². The monoisotopic (exact) mass is 244 g/mol. The van der Waals surface area contributed by atoms with Gasteiger partial charge in [-0.05, 0) is 31.2 Å². The summed E-state index contributed by atoms with van der Waals surface area (Å²) in [6.07, 6.45) is 1.23. The molecule has 1 rings (SSSR count). The fraction of sp³-hybridized carbons (Fsp3) is 0.400. The van der Waals surface area contributed by atoms with Gasteiger partial charge in [-0.3, -0.25) is 0 Å². The Morgan fingerprint density at radius 3 is 2.50 bits per heavy atom. The highest BCUT2D eigenvalue weighted by Crippen LogP contribution is 2.19. The summed E-state index contributed by atoms with van der Waals surface area (Å²) < 4.78 is 0. The van der Waals surface area contributed by atoms with Crippen molar-refractivity contribution >= 4 is 27.7 Å². The number of thioether (sulfide) groups is 1. The van der Waals surface area contributed by atoms with Crippen molar-refractivity contribution in [2.45, 2.75) is 18.2 Å². The Morgan fingerprint density at radius 2 is 1.92 bits per heavy atom. The molecule has 12 heavy (non-hydrogen) atoms. The molecule has 1 aromatic carbocycles. The number of halogens is 1. The van der Waals surface area contributed by atoms with Crippen LogP contribution in [-0.2, 0) is 0 Å². The Morgan fingerprint density at radius 1 is 1.25 bits per heavy atom. The minimum absolute atomic E-state index is 1.10. The highest BCUT2D eigenvalue weighted by atomic mass is 79.9. The van der Waals surface area contributed by atoms with E-state index in [0.29, 0.717) is 0 Å². The number of alkyl halides is 1. The first kappa shape index (κ1) is 10.1. The van der Waals surface area contributed by atoms with Crippen LogP contribution in [0.1, 0.15) is 12.0 Å². The highest BCUT2D eigenvalue weighted by molar-refractivity contribution is 9.09. The van der Waals surface area contributed by atoms with Crippen LogP contribution in [0.25, 0.3) is 0 Å². The number of hydrogen-bond acceptors (Lipinski definition) is 1. The topological polar surface area (TPSA) is 0 Å². The van der Waals surface area contributed by atoms with Crippen LogP contribution < -0.4 is 0 Å². The predicted octanol–water partition coefficient (Wildman–Crippen LogP) is 3.87. The van der Waals surface area contributed by atoms with Crippen LogP contribution in [-0.4, -0.2) is 11.1 Å². The van der Waals surface area contributed by atoms with Crippen LogP contribution in [0.3, 0.4) is 0 Å². The average molecular weight is 245 g/mol. The molecule has 0 fully saturated rings. The first-order chi connectivity index (χ1) is 5.83. The quantitative estimate of drug-likeness (QED) is 0.441. The Bertz CT molecular complexity index is 218. The molecule has 1 aromatic rings. The Balaban J connectivity index is 2.37. The Kier molecular flexibility index (Phi) is 4.77. The van der Waals surface area contributed by atoms with Crippen molar-refractivity contribution in [2.24, 2.45) is 0 Å². The molecule has 0 aliphatic rings. The molecule has 0 aliphatic carbocycles. The standard InChI is InChI=1S/C10H13BrS/c1-9-3-5-10(6-4-9)12-8-2-7-11/h3-6H,2,7-8H2,1H3. The molecule has 0 aromatic heterocycles. The molecule has 0 saturated heterocycles. The van der Waals surface area contributed by atoms with E-state index in [1.54, 1.807) is 0 Å². The van der Waals surface area contributed by atoms with Gasteiger partial charge in [-0.15, -0.1) is 11.8 Å². The normalized spacial score (nSPS) is 10.2. The van der Waals surface area contributed by atoms with Crippen LogP contribution in [0, 0.1) is 6.92 Å². The smallest absolute Gasteiger partial charge is 0.00721 e. The molecule has 0 bridgehead atoms. The summed E-state index contributed by atoms with van der Waals surface area (Å²) in [5, 5.41) is 1.10. The molecule has 0 spiro atoms. The number of hydrogen-bond donors (Lipinski definition) is 0. The van der Waals surface area contributed by atoms with E-state index >= 15 is 0 Å². The summed E-state index contributed by atoms with van der Waals surface area (Å²) in [5.74, 6) is 1.20. The third-order valence-electron chi connectivity index (χ3n) is 1.57. The molecule has 0 aliphatic heterocycles. The number of benzene rings is 1. The highest BCUT2D eigenvalue weighted by Gasteiger charge is 1.92. The van der Waals surface area contributed by atoms with E-state index in [1.165, 1.54) is 22.6 Å². The van der Waals surface area contributed by atoms with E-state index in [0.717, 1.165) is 5.33 Å². The van der Waals surface area contributed by atoms with Crippen LogP contribution in [0.15, 0.2) is 29.2 Å². The lowest BCUT2D eigenvalue weighted by Gasteiger charge is -1.99. The van der Waals surface area contributed by atoms with Crippen LogP contribution in [0.4, 0.5) is 0 Å². The summed E-state index contributed by atoms with van der Waals surface area (Å²) in [4.78, 5) is 1.38. The van der Waals surface area contributed by atoms with Gasteiger partial charge in [0.05, 0.1) is 0 Å². The van der Waals surface area contributed by atoms with Gasteiger partial charge in [-0.2, -0.15) is 0 Å². The van der Waals surface area contributed by atoms with E-state index in [9.17, 15) is 0 Å². The molecule has 0 saturated carbocycles. The second-order valence-electron chi connectivity index (χ2n) is 2.70. The third kappa shape index (κ3) is 3.63. The Labute approximate surface area is 86.9 Å². The minimum Gasteiger partial charge on any atom is -0.126 e. The second-order valence-corrected chi connectivity index (χ2v) is 4.67. The number of rotatable bonds is 4. The third-order valence-corrected chi connectivity index (χ3v) is 3.23. The molecular formula is C10H13BrS. The lowest BCUT2D eigenvalue weighted by molar-refractivity contribution is 1.13. The van der Waals surface area contributed by atoms with E-state index in [4.69, 9.17) is 0 Å². The molecular weight excluding hydrogens is 232 g/mol. The molecule has 2 heteroatoms. The Hall–Kier alpha value is 0.0500. The van der Waals surface area contributed by atoms with Crippen molar-refractivity contribution in [1.82, 2.24) is 0 Å². The van der Waals surface area contributed by atoms with E-state index in [1.807, 2.05) is 11.8 Å². The van der Waals surface area contributed by atoms with Crippen molar-refractivity contribution in [2.75, 3.05) is 11.1 Å². The van der Waals surface area contributed by atoms with Gasteiger partial charge in [0.1, 0.15) is 0 Å². The maximum Gasteiger partial charge on any atom is 0.00721 e. The first-order valence-corrected chi connectivity index (χ1v) is 6.19. The predicted molar refractivity (Wildman–Crippen MR) is 60.3 cm³/mol. The SMILES string of the molecule is Cc1ccc(SCCCBr)cc1. The van der Waals surface area contributed by atoms with Crippen molar-refractivity contribution < 1.29 is 0 Å². The van der Waals surface area contributed by atoms with Crippen LogP contribution in [0.2, 0.25) is 0 Å². The van der Waals surface area contributed by atoms with Crippen molar-refractivity contribution in [3.05, 3.63) is 29.8 Å². The summed E-state index contributed by atoms with van der Waals surface area (Å²) in [7, 11) is 0. The van der Waals surface area contributed by atoms with Crippen molar-refractivity contribution in [3.8, 4) is 0 Å². The van der Waals surface area contributed by atoms with Crippen molar-refractivity contribution in [1.29, 1.82) is 0 Å². The van der Waals surface area contributed by atoms with Gasteiger partial charge in [-0.25, -0.2) is 0 Å². The molecule has 66 valence electrons. The lowest BCUT2D eigenvalue weighted by Crippen LogP contribution is -1.80. The molecule has 0 heterocycles. The van der Waals surface area contributed by atoms with Gasteiger partial charge in [-0.1, -0.05) is 33.6 Å². The summed E-state index contributed by atoms with van der Waals surface area (Å²) in [6.45, 7) is 2.12. The molecule has 0 atom stereocenters. The minimum atomic E-state index is 1.10. The van der Waals surface area contributed by atoms with E-state index < -0.39 is 0 Å². The molecule has 0 nitrogen and oxygen atoms in total. The largest absolute Gasteiger partial charge is 0.126 e. The van der Waals surface area contributed by atoms with Gasteiger partial charge in [0, 0.05) is 10.2 Å². The zero-order valence-electron chi connectivity index (χ0n) is 7.22. The summed E-state index contributed by atoms with van der Waals surface area (Å²) in [6, 6.07) is 8.70. The summed E-state index contributed by atoms with van der Waals surface area (Å²) >= 11 is 5.34. The average Bonchev–Trinajstić information content (AvgIpc) is 2.09. The lowest BCUT2D eigenvalue weighted by atomic mass is 10.2. The zero-order valence-corrected chi connectivity index (χ0v) is 9.62. The van der Waals surface area contributed by atoms with Crippen LogP contribution >= 0.6 is 27.7 Å². The van der Waals surface area contributed by atoms with Gasteiger partial charge in [0.25, 0.3) is 0 Å². The first-order valence-electron chi connectivity index (χ1n) is 4.08. The number of aryl methyl sites for hydroxylation is 1. The van der Waals surface area contributed by atoms with Crippen molar-refractivity contribution in [3.63, 3.8) is 0 Å². The fourth-order valence-electron chi connectivity index (χ4n) is 0.879. The maximum absolute atomic E-state index is 3.42. The van der Waals surface area contributed by atoms with Crippen LogP contribution in [0.5, 0.6) is 0 Å². The maximum atomic E-state index is 3.42. The van der Waals surface area contributed by atoms with Gasteiger partial charge in [0.15, 0.2) is 0 Å². The fourth-order valence-corrected chi connectivity index (χ4v) is 2.38. The van der Waals surface area contributed by atoms with Gasteiger partial charge in [0.2, 0.25) is 0 Å².